The van der Waals surface area contributed by atoms with E-state index in [4.69, 9.17) is 33.7 Å². The van der Waals surface area contributed by atoms with Crippen LogP contribution in [0.4, 0.5) is 11.4 Å². The first-order chi connectivity index (χ1) is 14.9. The van der Waals surface area contributed by atoms with Gasteiger partial charge in [-0.1, -0.05) is 29.3 Å². The zero-order valence-electron chi connectivity index (χ0n) is 16.9. The van der Waals surface area contributed by atoms with Crippen molar-refractivity contribution in [2.24, 2.45) is 5.73 Å². The highest BCUT2D eigenvalue weighted by atomic mass is 35.5. The average molecular weight is 461 g/mol. The van der Waals surface area contributed by atoms with Crippen molar-refractivity contribution in [1.82, 2.24) is 19.7 Å². The number of ether oxygens (including phenoxy) is 1. The van der Waals surface area contributed by atoms with Crippen molar-refractivity contribution in [3.05, 3.63) is 58.5 Å². The molecule has 0 bridgehead atoms. The Balaban J connectivity index is 1.52. The monoisotopic (exact) mass is 460 g/mol. The summed E-state index contributed by atoms with van der Waals surface area (Å²) in [7, 11) is 2.11. The Bertz CT molecular complexity index is 1060. The molecule has 0 radical (unpaired) electrons. The summed E-state index contributed by atoms with van der Waals surface area (Å²) in [5.74, 6) is -0.117. The number of hydrogen-bond acceptors (Lipinski definition) is 6. The number of aromatic nitrogens is 3. The maximum atomic E-state index is 11.9. The number of primary amides is 1. The molecule has 1 fully saturated rings. The normalized spacial score (nSPS) is 15.1. The molecule has 1 amide bonds. The molecule has 31 heavy (non-hydrogen) atoms. The number of nitrogens with zero attached hydrogens (tertiary/aromatic N) is 4. The third-order valence-electron chi connectivity index (χ3n) is 5.08. The number of rotatable bonds is 6. The van der Waals surface area contributed by atoms with Gasteiger partial charge in [0.05, 0.1) is 33.8 Å². The number of para-hydroxylation sites is 1. The zero-order valence-corrected chi connectivity index (χ0v) is 18.4. The van der Waals surface area contributed by atoms with E-state index in [0.29, 0.717) is 33.0 Å². The lowest BCUT2D eigenvalue weighted by molar-refractivity contribution is 0.0996. The van der Waals surface area contributed by atoms with E-state index in [1.165, 1.54) is 4.68 Å². The van der Waals surface area contributed by atoms with Gasteiger partial charge in [-0.25, -0.2) is 9.67 Å². The van der Waals surface area contributed by atoms with Gasteiger partial charge >= 0.3 is 0 Å². The first-order valence-electron chi connectivity index (χ1n) is 9.83. The highest BCUT2D eigenvalue weighted by Gasteiger charge is 2.20. The van der Waals surface area contributed by atoms with E-state index >= 15 is 0 Å². The number of carbonyl (C=O) groups excluding carboxylic acids is 1. The van der Waals surface area contributed by atoms with Crippen molar-refractivity contribution >= 4 is 40.5 Å². The summed E-state index contributed by atoms with van der Waals surface area (Å²) in [6.45, 7) is 2.03. The van der Waals surface area contributed by atoms with E-state index in [-0.39, 0.29) is 11.8 Å². The maximum Gasteiger partial charge on any atom is 0.271 e. The minimum Gasteiger partial charge on any atom is -0.474 e. The Kier molecular flexibility index (Phi) is 6.31. The van der Waals surface area contributed by atoms with Crippen molar-refractivity contribution in [3.8, 4) is 11.6 Å². The predicted octanol–water partition coefficient (Wildman–Crippen LogP) is 3.89. The minimum absolute atomic E-state index is 0.0580. The van der Waals surface area contributed by atoms with Crippen molar-refractivity contribution < 1.29 is 9.53 Å². The van der Waals surface area contributed by atoms with Crippen LogP contribution in [0.2, 0.25) is 10.0 Å². The smallest absolute Gasteiger partial charge is 0.271 e. The second-order valence-electron chi connectivity index (χ2n) is 7.40. The minimum atomic E-state index is -0.681. The number of halogens is 2. The standard InChI is InChI=1S/C21H22Cl2N6O2/c1-28-9-7-14(8-10-28)31-18-6-5-13(11-25-18)26-17-12-29(27-19(17)21(24)30)20-15(22)3-2-4-16(20)23/h2-6,11-12,14,26H,7-10H2,1H3,(H2,24,30). The van der Waals surface area contributed by atoms with Gasteiger partial charge in [0.15, 0.2) is 5.69 Å². The summed E-state index contributed by atoms with van der Waals surface area (Å²) in [5, 5.41) is 8.18. The molecule has 1 aliphatic heterocycles. The molecule has 10 heteroatoms. The Morgan fingerprint density at radius 3 is 2.52 bits per heavy atom. The van der Waals surface area contributed by atoms with Crippen LogP contribution in [-0.2, 0) is 0 Å². The molecule has 2 aromatic heterocycles. The number of amides is 1. The number of hydrogen-bond donors (Lipinski definition) is 2. The molecule has 0 saturated carbocycles. The van der Waals surface area contributed by atoms with Gasteiger partial charge in [-0.2, -0.15) is 5.10 Å². The fourth-order valence-electron chi connectivity index (χ4n) is 3.42. The van der Waals surface area contributed by atoms with Gasteiger partial charge in [0.25, 0.3) is 5.91 Å². The maximum absolute atomic E-state index is 11.9. The van der Waals surface area contributed by atoms with Gasteiger partial charge in [0.1, 0.15) is 11.8 Å². The van der Waals surface area contributed by atoms with Gasteiger partial charge < -0.3 is 20.7 Å². The van der Waals surface area contributed by atoms with Crippen LogP contribution in [0, 0.1) is 0 Å². The molecule has 3 N–H and O–H groups in total. The van der Waals surface area contributed by atoms with Crippen molar-refractivity contribution in [2.45, 2.75) is 18.9 Å². The van der Waals surface area contributed by atoms with Gasteiger partial charge in [-0.05, 0) is 38.1 Å². The van der Waals surface area contributed by atoms with Gasteiger partial charge in [0, 0.05) is 19.2 Å². The molecule has 3 heterocycles. The summed E-state index contributed by atoms with van der Waals surface area (Å²) in [6.07, 6.45) is 5.36. The quantitative estimate of drug-likeness (QED) is 0.578. The van der Waals surface area contributed by atoms with Crippen LogP contribution in [0.25, 0.3) is 5.69 Å². The van der Waals surface area contributed by atoms with Crippen molar-refractivity contribution in [2.75, 3.05) is 25.5 Å². The fourth-order valence-corrected chi connectivity index (χ4v) is 3.99. The van der Waals surface area contributed by atoms with E-state index in [1.807, 2.05) is 6.07 Å². The topological polar surface area (TPSA) is 98.3 Å². The first kappa shape index (κ1) is 21.4. The molecule has 0 spiro atoms. The zero-order chi connectivity index (χ0) is 22.0. The summed E-state index contributed by atoms with van der Waals surface area (Å²) < 4.78 is 7.40. The van der Waals surface area contributed by atoms with Crippen LogP contribution in [0.15, 0.2) is 42.7 Å². The number of likely N-dealkylation sites (tertiary alicyclic amines) is 1. The lowest BCUT2D eigenvalue weighted by Crippen LogP contribution is -2.35. The predicted molar refractivity (Wildman–Crippen MR) is 121 cm³/mol. The molecular weight excluding hydrogens is 439 g/mol. The van der Waals surface area contributed by atoms with E-state index in [2.05, 4.69) is 27.3 Å². The second-order valence-corrected chi connectivity index (χ2v) is 8.22. The number of anilines is 2. The number of nitrogens with two attached hydrogens (primary N) is 1. The average Bonchev–Trinajstić information content (AvgIpc) is 3.14. The van der Waals surface area contributed by atoms with Gasteiger partial charge in [-0.15, -0.1) is 0 Å². The van der Waals surface area contributed by atoms with Crippen LogP contribution in [-0.4, -0.2) is 51.8 Å². The summed E-state index contributed by atoms with van der Waals surface area (Å²) in [6, 6.07) is 8.72. The molecule has 1 aromatic carbocycles. The summed E-state index contributed by atoms with van der Waals surface area (Å²) >= 11 is 12.5. The Morgan fingerprint density at radius 2 is 1.90 bits per heavy atom. The van der Waals surface area contributed by atoms with Crippen LogP contribution >= 0.6 is 23.2 Å². The number of benzene rings is 1. The lowest BCUT2D eigenvalue weighted by atomic mass is 10.1. The molecular formula is C21H22Cl2N6O2. The Morgan fingerprint density at radius 1 is 1.19 bits per heavy atom. The van der Waals surface area contributed by atoms with Crippen LogP contribution < -0.4 is 15.8 Å². The van der Waals surface area contributed by atoms with Gasteiger partial charge in [-0.3, -0.25) is 4.79 Å². The summed E-state index contributed by atoms with van der Waals surface area (Å²) in [4.78, 5) is 18.6. The number of nitrogens with one attached hydrogen (secondary N) is 1. The van der Waals surface area contributed by atoms with Crippen molar-refractivity contribution in [1.29, 1.82) is 0 Å². The number of piperidine rings is 1. The third kappa shape index (κ3) is 4.92. The molecule has 1 saturated heterocycles. The third-order valence-corrected chi connectivity index (χ3v) is 5.69. The van der Waals surface area contributed by atoms with Crippen LogP contribution in [0.3, 0.4) is 0 Å². The largest absolute Gasteiger partial charge is 0.474 e. The van der Waals surface area contributed by atoms with E-state index in [0.717, 1.165) is 25.9 Å². The van der Waals surface area contributed by atoms with E-state index in [1.54, 1.807) is 36.7 Å². The molecule has 0 atom stereocenters. The molecule has 1 aliphatic rings. The van der Waals surface area contributed by atoms with Crippen molar-refractivity contribution in [3.63, 3.8) is 0 Å². The highest BCUT2D eigenvalue weighted by Crippen LogP contribution is 2.30. The van der Waals surface area contributed by atoms with Crippen LogP contribution in [0.5, 0.6) is 5.88 Å². The molecule has 4 rings (SSSR count). The van der Waals surface area contributed by atoms with Gasteiger partial charge in [0.2, 0.25) is 5.88 Å². The summed E-state index contributed by atoms with van der Waals surface area (Å²) in [5.41, 5.74) is 7.10. The molecule has 0 unspecified atom stereocenters. The van der Waals surface area contributed by atoms with Crippen LogP contribution in [0.1, 0.15) is 23.3 Å². The van der Waals surface area contributed by atoms with E-state index < -0.39 is 5.91 Å². The molecule has 0 aliphatic carbocycles. The molecule has 162 valence electrons. The fraction of sp³-hybridized carbons (Fsp3) is 0.286. The lowest BCUT2D eigenvalue weighted by Gasteiger charge is -2.28. The first-order valence-corrected chi connectivity index (χ1v) is 10.6. The second kappa shape index (κ2) is 9.13. The van der Waals surface area contributed by atoms with E-state index in [9.17, 15) is 4.79 Å². The highest BCUT2D eigenvalue weighted by molar-refractivity contribution is 6.37. The number of carbonyl (C=O) groups is 1. The number of pyridine rings is 1. The SMILES string of the molecule is CN1CCC(Oc2ccc(Nc3cn(-c4c(Cl)cccc4Cl)nc3C(N)=O)cn2)CC1. The molecule has 8 nitrogen and oxygen atoms in total. The Hall–Kier alpha value is -2.81. The Labute approximate surface area is 189 Å². The molecule has 3 aromatic rings.